The average molecular weight is 349 g/mol. The van der Waals surface area contributed by atoms with Gasteiger partial charge in [0.25, 0.3) is 0 Å². The fourth-order valence-electron chi connectivity index (χ4n) is 4.82. The van der Waals surface area contributed by atoms with Crippen LogP contribution >= 0.6 is 0 Å². The first-order valence-electron chi connectivity index (χ1n) is 9.11. The van der Waals surface area contributed by atoms with Gasteiger partial charge < -0.3 is 5.11 Å². The number of aliphatic hydroxyl groups is 1. The van der Waals surface area contributed by atoms with Gasteiger partial charge in [-0.1, -0.05) is 29.4 Å². The number of fused-ring (bicyclic) bond motifs is 4. The van der Waals surface area contributed by atoms with E-state index < -0.39 is 5.60 Å². The van der Waals surface area contributed by atoms with Crippen LogP contribution in [0, 0.1) is 11.8 Å². The van der Waals surface area contributed by atoms with Crippen molar-refractivity contribution in [1.29, 1.82) is 0 Å². The lowest BCUT2D eigenvalue weighted by molar-refractivity contribution is -0.103. The highest BCUT2D eigenvalue weighted by molar-refractivity contribution is 5.83. The van der Waals surface area contributed by atoms with Gasteiger partial charge in [0.15, 0.2) is 0 Å². The Morgan fingerprint density at radius 3 is 3.00 bits per heavy atom. The monoisotopic (exact) mass is 349 g/mol. The first-order chi connectivity index (χ1) is 12.7. The van der Waals surface area contributed by atoms with Gasteiger partial charge in [-0.3, -0.25) is 9.88 Å². The van der Waals surface area contributed by atoms with Gasteiger partial charge in [-0.15, -0.1) is 6.58 Å². The lowest BCUT2D eigenvalue weighted by atomic mass is 9.69. The largest absolute Gasteiger partial charge is 0.383 e. The van der Waals surface area contributed by atoms with Crippen LogP contribution in [-0.4, -0.2) is 40.7 Å². The molecule has 134 valence electrons. The molecule has 0 spiro atoms. The molecule has 3 aliphatic rings. The molecule has 0 aliphatic carbocycles. The topological polar surface area (TPSA) is 85.1 Å². The molecule has 5 unspecified atom stereocenters. The lowest BCUT2D eigenvalue weighted by Gasteiger charge is -2.54. The molecule has 0 amide bonds. The van der Waals surface area contributed by atoms with Gasteiger partial charge in [0.05, 0.1) is 12.1 Å². The molecule has 1 aromatic carbocycles. The minimum absolute atomic E-state index is 0.0180. The molecule has 3 aliphatic heterocycles. The number of hydrogen-bond acceptors (Lipinski definition) is 4. The van der Waals surface area contributed by atoms with E-state index in [4.69, 9.17) is 5.53 Å². The van der Waals surface area contributed by atoms with Crippen LogP contribution in [-0.2, 0) is 5.60 Å². The Bertz CT molecular complexity index is 872. The number of piperidine rings is 3. The van der Waals surface area contributed by atoms with Crippen molar-refractivity contribution in [3.05, 3.63) is 65.2 Å². The Labute approximate surface area is 152 Å². The summed E-state index contributed by atoms with van der Waals surface area (Å²) in [5.41, 5.74) is 9.30. The van der Waals surface area contributed by atoms with Crippen molar-refractivity contribution in [3.63, 3.8) is 0 Å². The standard InChI is InChI=1S/C20H23N5O/c1-2-14-12-25-10-8-15(14)11-19(25)20(26,13-23-24-21)17-7-9-22-18-6-4-3-5-16(17)18/h2-7,9,14-15,19,26H,1,8,10-13H2. The van der Waals surface area contributed by atoms with Gasteiger partial charge in [0.2, 0.25) is 0 Å². The van der Waals surface area contributed by atoms with E-state index in [-0.39, 0.29) is 12.6 Å². The zero-order valence-electron chi connectivity index (χ0n) is 14.7. The SMILES string of the molecule is C=CC1CN2CCC1CC2C(O)(CN=[N+]=[N-])c1ccnc2ccccc12. The van der Waals surface area contributed by atoms with E-state index in [2.05, 4.69) is 26.5 Å². The molecule has 5 atom stereocenters. The maximum absolute atomic E-state index is 11.9. The number of aromatic nitrogens is 1. The van der Waals surface area contributed by atoms with Crippen LogP contribution in [0.25, 0.3) is 21.3 Å². The molecule has 4 heterocycles. The highest BCUT2D eigenvalue weighted by Crippen LogP contribution is 2.45. The minimum Gasteiger partial charge on any atom is -0.383 e. The second-order valence-corrected chi connectivity index (χ2v) is 7.38. The van der Waals surface area contributed by atoms with Crippen LogP contribution in [0.2, 0.25) is 0 Å². The number of azide groups is 1. The number of para-hydroxylation sites is 1. The van der Waals surface area contributed by atoms with E-state index in [1.807, 2.05) is 36.4 Å². The quantitative estimate of drug-likeness (QED) is 0.387. The van der Waals surface area contributed by atoms with Crippen LogP contribution in [0.15, 0.2) is 54.3 Å². The fourth-order valence-corrected chi connectivity index (χ4v) is 4.82. The van der Waals surface area contributed by atoms with Crippen molar-refractivity contribution in [1.82, 2.24) is 9.88 Å². The second-order valence-electron chi connectivity index (χ2n) is 7.38. The van der Waals surface area contributed by atoms with E-state index in [0.29, 0.717) is 11.8 Å². The highest BCUT2D eigenvalue weighted by Gasteiger charge is 2.49. The van der Waals surface area contributed by atoms with Crippen molar-refractivity contribution >= 4 is 10.9 Å². The second kappa shape index (κ2) is 6.72. The summed E-state index contributed by atoms with van der Waals surface area (Å²) in [6.45, 7) is 5.86. The Morgan fingerprint density at radius 1 is 1.42 bits per heavy atom. The smallest absolute Gasteiger partial charge is 0.111 e. The number of nitrogens with zero attached hydrogens (tertiary/aromatic N) is 5. The summed E-state index contributed by atoms with van der Waals surface area (Å²) in [6.07, 6.45) is 5.77. The third-order valence-corrected chi connectivity index (χ3v) is 6.15. The molecule has 3 saturated heterocycles. The van der Waals surface area contributed by atoms with Crippen LogP contribution in [0.1, 0.15) is 18.4 Å². The molecule has 26 heavy (non-hydrogen) atoms. The molecular weight excluding hydrogens is 326 g/mol. The van der Waals surface area contributed by atoms with Crippen molar-refractivity contribution in [2.75, 3.05) is 19.6 Å². The summed E-state index contributed by atoms with van der Waals surface area (Å²) in [5, 5.41) is 16.6. The van der Waals surface area contributed by atoms with Gasteiger partial charge >= 0.3 is 0 Å². The van der Waals surface area contributed by atoms with E-state index in [1.165, 1.54) is 0 Å². The summed E-state index contributed by atoms with van der Waals surface area (Å²) in [7, 11) is 0. The van der Waals surface area contributed by atoms with Crippen LogP contribution in [0.3, 0.4) is 0 Å². The Morgan fingerprint density at radius 2 is 2.27 bits per heavy atom. The Balaban J connectivity index is 1.81. The van der Waals surface area contributed by atoms with Crippen LogP contribution < -0.4 is 0 Å². The maximum atomic E-state index is 11.9. The zero-order chi connectivity index (χ0) is 18.1. The predicted molar refractivity (Wildman–Crippen MR) is 101 cm³/mol. The Hall–Kier alpha value is -2.40. The van der Waals surface area contributed by atoms with E-state index in [9.17, 15) is 5.11 Å². The van der Waals surface area contributed by atoms with Crippen molar-refractivity contribution < 1.29 is 5.11 Å². The lowest BCUT2D eigenvalue weighted by Crippen LogP contribution is -2.61. The molecule has 0 radical (unpaired) electrons. The molecule has 0 saturated carbocycles. The van der Waals surface area contributed by atoms with Crippen molar-refractivity contribution in [2.24, 2.45) is 17.0 Å². The summed E-state index contributed by atoms with van der Waals surface area (Å²) >= 11 is 0. The summed E-state index contributed by atoms with van der Waals surface area (Å²) < 4.78 is 0. The fraction of sp³-hybridized carbons (Fsp3) is 0.450. The van der Waals surface area contributed by atoms with E-state index in [0.717, 1.165) is 42.4 Å². The molecule has 1 N–H and O–H groups in total. The molecule has 3 fully saturated rings. The molecule has 5 rings (SSSR count). The molecule has 6 nitrogen and oxygen atoms in total. The van der Waals surface area contributed by atoms with Gasteiger partial charge in [0.1, 0.15) is 5.60 Å². The first-order valence-corrected chi connectivity index (χ1v) is 9.11. The number of hydrogen-bond donors (Lipinski definition) is 1. The number of benzene rings is 1. The molecule has 1 aromatic heterocycles. The molecular formula is C20H23N5O. The summed E-state index contributed by atoms with van der Waals surface area (Å²) in [4.78, 5) is 9.68. The van der Waals surface area contributed by atoms with Crippen LogP contribution in [0.4, 0.5) is 0 Å². The normalized spacial score (nSPS) is 29.7. The molecule has 2 aromatic rings. The number of pyridine rings is 1. The van der Waals surface area contributed by atoms with Gasteiger partial charge in [-0.2, -0.15) is 0 Å². The summed E-state index contributed by atoms with van der Waals surface area (Å²) in [6, 6.07) is 9.59. The number of rotatable bonds is 5. The van der Waals surface area contributed by atoms with Crippen LogP contribution in [0.5, 0.6) is 0 Å². The average Bonchev–Trinajstić information content (AvgIpc) is 2.71. The van der Waals surface area contributed by atoms with E-state index in [1.54, 1.807) is 6.20 Å². The van der Waals surface area contributed by atoms with Gasteiger partial charge in [-0.05, 0) is 54.4 Å². The molecule has 2 bridgehead atoms. The van der Waals surface area contributed by atoms with Gasteiger partial charge in [0, 0.05) is 29.1 Å². The zero-order valence-corrected chi connectivity index (χ0v) is 14.7. The maximum Gasteiger partial charge on any atom is 0.111 e. The minimum atomic E-state index is -1.24. The van der Waals surface area contributed by atoms with E-state index >= 15 is 0 Å². The van der Waals surface area contributed by atoms with Crippen molar-refractivity contribution in [2.45, 2.75) is 24.5 Å². The third kappa shape index (κ3) is 2.67. The summed E-state index contributed by atoms with van der Waals surface area (Å²) in [5.74, 6) is 0.992. The van der Waals surface area contributed by atoms with Crippen molar-refractivity contribution in [3.8, 4) is 0 Å². The third-order valence-electron chi connectivity index (χ3n) is 6.15. The first kappa shape index (κ1) is 17.0. The predicted octanol–water partition coefficient (Wildman–Crippen LogP) is 3.63. The van der Waals surface area contributed by atoms with Gasteiger partial charge in [-0.25, -0.2) is 0 Å². The molecule has 6 heteroatoms. The highest BCUT2D eigenvalue weighted by atomic mass is 16.3. The Kier molecular flexibility index (Phi) is 4.41.